The molecule has 0 fully saturated rings. The van der Waals surface area contributed by atoms with Crippen molar-refractivity contribution in [3.05, 3.63) is 79.7 Å². The maximum Gasteiger partial charge on any atom is 0.349 e. The van der Waals surface area contributed by atoms with Crippen molar-refractivity contribution >= 4 is 28.5 Å². The molecule has 1 heterocycles. The summed E-state index contributed by atoms with van der Waals surface area (Å²) in [5.74, 6) is -1.41. The van der Waals surface area contributed by atoms with Gasteiger partial charge in [-0.2, -0.15) is 0 Å². The smallest absolute Gasteiger partial charge is 0.349 e. The third-order valence-corrected chi connectivity index (χ3v) is 4.24. The van der Waals surface area contributed by atoms with Crippen LogP contribution < -0.4 is 21.8 Å². The van der Waals surface area contributed by atoms with Gasteiger partial charge in [-0.25, -0.2) is 4.79 Å². The Morgan fingerprint density at radius 1 is 1.10 bits per heavy atom. The van der Waals surface area contributed by atoms with Crippen LogP contribution in [0.2, 0.25) is 0 Å². The Labute approximate surface area is 162 Å². The first kappa shape index (κ1) is 19.5. The van der Waals surface area contributed by atoms with E-state index in [0.717, 1.165) is 6.07 Å². The van der Waals surface area contributed by atoms with Gasteiger partial charge in [0.1, 0.15) is 23.0 Å². The summed E-state index contributed by atoms with van der Waals surface area (Å²) < 4.78 is 10.8. The van der Waals surface area contributed by atoms with Crippen molar-refractivity contribution < 1.29 is 23.7 Å². The van der Waals surface area contributed by atoms with E-state index in [9.17, 15) is 24.5 Å². The Morgan fingerprint density at radius 3 is 2.45 bits per heavy atom. The van der Waals surface area contributed by atoms with Crippen molar-refractivity contribution in [1.29, 1.82) is 0 Å². The molecule has 2 amide bonds. The van der Waals surface area contributed by atoms with E-state index in [4.69, 9.17) is 20.6 Å². The van der Waals surface area contributed by atoms with Gasteiger partial charge in [-0.05, 0) is 37.3 Å². The molecule has 0 aliphatic carbocycles. The Balaban J connectivity index is 1.95. The van der Waals surface area contributed by atoms with E-state index in [0.29, 0.717) is 5.39 Å². The first-order chi connectivity index (χ1) is 13.7. The van der Waals surface area contributed by atoms with Crippen LogP contribution in [0.5, 0.6) is 5.75 Å². The summed E-state index contributed by atoms with van der Waals surface area (Å²) in [6.45, 7) is 1.59. The lowest BCUT2D eigenvalue weighted by molar-refractivity contribution is -0.386. The number of carbonyl (C=O) groups excluding carboxylic acids is 2. The lowest BCUT2D eigenvalue weighted by Crippen LogP contribution is -2.20. The van der Waals surface area contributed by atoms with Gasteiger partial charge in [0.15, 0.2) is 0 Å². The lowest BCUT2D eigenvalue weighted by Gasteiger charge is -2.16. The number of hydrogen-bond donors (Lipinski definition) is 2. The van der Waals surface area contributed by atoms with Gasteiger partial charge >= 0.3 is 5.63 Å². The summed E-state index contributed by atoms with van der Waals surface area (Å²) in [5.41, 5.74) is 9.22. The summed E-state index contributed by atoms with van der Waals surface area (Å²) >= 11 is 0. The second-order valence-corrected chi connectivity index (χ2v) is 6.17. The Kier molecular flexibility index (Phi) is 5.01. The van der Waals surface area contributed by atoms with Crippen LogP contribution in [-0.4, -0.2) is 16.7 Å². The van der Waals surface area contributed by atoms with Crippen LogP contribution in [0.1, 0.15) is 39.3 Å². The zero-order chi connectivity index (χ0) is 21.3. The monoisotopic (exact) mass is 397 g/mol. The Bertz CT molecular complexity index is 1220. The van der Waals surface area contributed by atoms with E-state index < -0.39 is 28.5 Å². The highest BCUT2D eigenvalue weighted by molar-refractivity contribution is 5.95. The second kappa shape index (κ2) is 7.43. The van der Waals surface area contributed by atoms with Gasteiger partial charge < -0.3 is 20.6 Å². The molecule has 3 rings (SSSR count). The SMILES string of the molecule is CC(Oc1ccc2cc(C(N)=O)c(=O)oc2c1)c1ccc(C(N)=O)cc1[N+](=O)[O-]. The summed E-state index contributed by atoms with van der Waals surface area (Å²) in [5, 5.41) is 11.8. The third-order valence-electron chi connectivity index (χ3n) is 4.24. The molecule has 0 aliphatic heterocycles. The zero-order valence-corrected chi connectivity index (χ0v) is 15.1. The number of benzene rings is 2. The van der Waals surface area contributed by atoms with E-state index in [1.54, 1.807) is 19.1 Å². The predicted octanol–water partition coefficient (Wildman–Crippen LogP) is 2.04. The van der Waals surface area contributed by atoms with E-state index in [1.807, 2.05) is 0 Å². The molecule has 10 nitrogen and oxygen atoms in total. The average molecular weight is 397 g/mol. The molecule has 4 N–H and O–H groups in total. The fraction of sp³-hybridized carbons (Fsp3) is 0.105. The van der Waals surface area contributed by atoms with Gasteiger partial charge in [-0.1, -0.05) is 0 Å². The summed E-state index contributed by atoms with van der Waals surface area (Å²) in [6.07, 6.45) is -0.772. The number of carbonyl (C=O) groups is 2. The summed E-state index contributed by atoms with van der Waals surface area (Å²) in [6, 6.07) is 9.68. The van der Waals surface area contributed by atoms with E-state index in [1.165, 1.54) is 24.3 Å². The van der Waals surface area contributed by atoms with Gasteiger partial charge in [-0.3, -0.25) is 19.7 Å². The molecule has 29 heavy (non-hydrogen) atoms. The van der Waals surface area contributed by atoms with Crippen LogP contribution in [0, 0.1) is 10.1 Å². The van der Waals surface area contributed by atoms with Gasteiger partial charge in [0.25, 0.3) is 11.6 Å². The minimum atomic E-state index is -0.902. The number of amides is 2. The summed E-state index contributed by atoms with van der Waals surface area (Å²) in [4.78, 5) is 45.1. The number of nitro benzene ring substituents is 1. The van der Waals surface area contributed by atoms with Crippen LogP contribution in [0.3, 0.4) is 0 Å². The molecule has 1 aromatic heterocycles. The summed E-state index contributed by atoms with van der Waals surface area (Å²) in [7, 11) is 0. The zero-order valence-electron chi connectivity index (χ0n) is 15.1. The molecule has 148 valence electrons. The molecule has 0 aliphatic rings. The van der Waals surface area contributed by atoms with E-state index >= 15 is 0 Å². The first-order valence-corrected chi connectivity index (χ1v) is 8.30. The lowest BCUT2D eigenvalue weighted by atomic mass is 10.0. The van der Waals surface area contributed by atoms with Crippen LogP contribution in [0.4, 0.5) is 5.69 Å². The number of ether oxygens (including phenoxy) is 1. The number of primary amides is 2. The largest absolute Gasteiger partial charge is 0.486 e. The molecule has 1 unspecified atom stereocenters. The molecular weight excluding hydrogens is 382 g/mol. The molecule has 0 radical (unpaired) electrons. The number of hydrogen-bond acceptors (Lipinski definition) is 7. The van der Waals surface area contributed by atoms with Gasteiger partial charge in [0, 0.05) is 23.1 Å². The van der Waals surface area contributed by atoms with Crippen molar-refractivity contribution in [2.24, 2.45) is 11.5 Å². The quantitative estimate of drug-likeness (QED) is 0.364. The Hall–Kier alpha value is -4.21. The van der Waals surface area contributed by atoms with Crippen molar-refractivity contribution in [3.8, 4) is 5.75 Å². The van der Waals surface area contributed by atoms with Crippen LogP contribution >= 0.6 is 0 Å². The highest BCUT2D eigenvalue weighted by Gasteiger charge is 2.22. The topological polar surface area (TPSA) is 169 Å². The maximum absolute atomic E-state index is 11.8. The van der Waals surface area contributed by atoms with Gasteiger partial charge in [-0.15, -0.1) is 0 Å². The van der Waals surface area contributed by atoms with Crippen molar-refractivity contribution in [3.63, 3.8) is 0 Å². The highest BCUT2D eigenvalue weighted by Crippen LogP contribution is 2.31. The highest BCUT2D eigenvalue weighted by atomic mass is 16.6. The van der Waals surface area contributed by atoms with Gasteiger partial charge in [0.2, 0.25) is 5.91 Å². The molecule has 1 atom stereocenters. The first-order valence-electron chi connectivity index (χ1n) is 8.30. The van der Waals surface area contributed by atoms with Crippen LogP contribution in [0.15, 0.2) is 51.7 Å². The number of rotatable bonds is 6. The molecule has 2 aromatic carbocycles. The molecular formula is C19H15N3O7. The molecule has 0 spiro atoms. The molecule has 0 saturated carbocycles. The van der Waals surface area contributed by atoms with Crippen molar-refractivity contribution in [2.75, 3.05) is 0 Å². The number of nitro groups is 1. The minimum absolute atomic E-state index is 0.00499. The third kappa shape index (κ3) is 3.90. The van der Waals surface area contributed by atoms with E-state index in [2.05, 4.69) is 0 Å². The average Bonchev–Trinajstić information content (AvgIpc) is 2.66. The molecule has 0 bridgehead atoms. The molecule has 0 saturated heterocycles. The second-order valence-electron chi connectivity index (χ2n) is 6.17. The fourth-order valence-corrected chi connectivity index (χ4v) is 2.80. The van der Waals surface area contributed by atoms with Crippen LogP contribution in [0.25, 0.3) is 11.0 Å². The number of nitrogens with two attached hydrogens (primary N) is 2. The fourth-order valence-electron chi connectivity index (χ4n) is 2.80. The Morgan fingerprint density at radius 2 is 1.83 bits per heavy atom. The maximum atomic E-state index is 11.8. The minimum Gasteiger partial charge on any atom is -0.486 e. The van der Waals surface area contributed by atoms with Crippen molar-refractivity contribution in [2.45, 2.75) is 13.0 Å². The van der Waals surface area contributed by atoms with E-state index in [-0.39, 0.29) is 33.7 Å². The number of nitrogens with zero attached hydrogens (tertiary/aromatic N) is 1. The molecule has 3 aromatic rings. The number of fused-ring (bicyclic) bond motifs is 1. The standard InChI is InChI=1S/C19H15N3O7/c1-9(13-5-3-11(17(20)23)7-15(13)22(26)27)28-12-4-2-10-6-14(18(21)24)19(25)29-16(10)8-12/h2-9H,1H3,(H2,20,23)(H2,21,24). The molecule has 10 heteroatoms. The van der Waals surface area contributed by atoms with Gasteiger partial charge in [0.05, 0.1) is 10.5 Å². The van der Waals surface area contributed by atoms with Crippen molar-refractivity contribution in [1.82, 2.24) is 0 Å². The van der Waals surface area contributed by atoms with Crippen LogP contribution in [-0.2, 0) is 0 Å². The predicted molar refractivity (Wildman–Crippen MR) is 102 cm³/mol. The normalized spacial score (nSPS) is 11.8.